The van der Waals surface area contributed by atoms with Gasteiger partial charge in [-0.3, -0.25) is 4.79 Å². The molecule has 0 fully saturated rings. The molecule has 1 unspecified atom stereocenters. The van der Waals surface area contributed by atoms with Crippen LogP contribution in [-0.2, 0) is 11.2 Å². The quantitative estimate of drug-likeness (QED) is 0.899. The molecule has 0 aromatic heterocycles. The molecule has 0 saturated heterocycles. The summed E-state index contributed by atoms with van der Waals surface area (Å²) in [4.78, 5) is 12.2. The van der Waals surface area contributed by atoms with Crippen LogP contribution in [0.15, 0.2) is 42.5 Å². The van der Waals surface area contributed by atoms with Crippen LogP contribution in [0, 0.1) is 12.7 Å². The van der Waals surface area contributed by atoms with Crippen molar-refractivity contribution in [3.05, 3.63) is 65.0 Å². The van der Waals surface area contributed by atoms with E-state index >= 15 is 0 Å². The van der Waals surface area contributed by atoms with Gasteiger partial charge in [-0.25, -0.2) is 4.39 Å². The number of aryl methyl sites for hydroxylation is 2. The zero-order chi connectivity index (χ0) is 14.8. The molecule has 1 atom stereocenters. The Hall–Kier alpha value is -2.16. The Morgan fingerprint density at radius 2 is 2.10 bits per heavy atom. The number of fused-ring (bicyclic) bond motifs is 1. The smallest absolute Gasteiger partial charge is 0.224 e. The Bertz CT molecular complexity index is 681. The van der Waals surface area contributed by atoms with Crippen LogP contribution in [0.5, 0.6) is 0 Å². The largest absolute Gasteiger partial charge is 0.326 e. The van der Waals surface area contributed by atoms with E-state index in [1.54, 1.807) is 6.07 Å². The Balaban J connectivity index is 1.69. The number of anilines is 1. The highest BCUT2D eigenvalue weighted by atomic mass is 19.1. The Morgan fingerprint density at radius 3 is 2.95 bits per heavy atom. The fraction of sp³-hybridized carbons (Fsp3) is 0.278. The predicted octanol–water partition coefficient (Wildman–Crippen LogP) is 4.19. The lowest BCUT2D eigenvalue weighted by Gasteiger charge is -2.13. The van der Waals surface area contributed by atoms with Crippen molar-refractivity contribution in [2.45, 2.75) is 32.1 Å². The van der Waals surface area contributed by atoms with Gasteiger partial charge in [0, 0.05) is 12.1 Å². The van der Waals surface area contributed by atoms with Gasteiger partial charge in [0.15, 0.2) is 0 Å². The molecule has 1 amide bonds. The van der Waals surface area contributed by atoms with Gasteiger partial charge in [0.05, 0.1) is 0 Å². The van der Waals surface area contributed by atoms with E-state index in [0.717, 1.165) is 18.4 Å². The molecular formula is C18H18FNO. The Labute approximate surface area is 124 Å². The van der Waals surface area contributed by atoms with Crippen molar-refractivity contribution in [2.75, 3.05) is 5.32 Å². The van der Waals surface area contributed by atoms with Crippen LogP contribution in [0.4, 0.5) is 10.1 Å². The first kappa shape index (κ1) is 13.8. The highest BCUT2D eigenvalue weighted by molar-refractivity contribution is 5.92. The topological polar surface area (TPSA) is 29.1 Å². The van der Waals surface area contributed by atoms with Gasteiger partial charge in [0.2, 0.25) is 5.91 Å². The van der Waals surface area contributed by atoms with Crippen LogP contribution in [0.25, 0.3) is 0 Å². The van der Waals surface area contributed by atoms with Crippen LogP contribution in [-0.4, -0.2) is 5.91 Å². The number of hydrogen-bond donors (Lipinski definition) is 1. The number of hydrogen-bond acceptors (Lipinski definition) is 1. The summed E-state index contributed by atoms with van der Waals surface area (Å²) in [6.45, 7) is 1.86. The summed E-state index contributed by atoms with van der Waals surface area (Å²) in [7, 11) is 0. The molecule has 1 aliphatic carbocycles. The first-order chi connectivity index (χ1) is 10.1. The summed E-state index contributed by atoms with van der Waals surface area (Å²) < 4.78 is 13.2. The van der Waals surface area contributed by atoms with E-state index in [2.05, 4.69) is 17.4 Å². The SMILES string of the molecule is Cc1ccc(F)cc1NC(=O)CC1CCc2ccccc21. The molecule has 2 nitrogen and oxygen atoms in total. The number of rotatable bonds is 3. The van der Waals surface area contributed by atoms with Crippen molar-refractivity contribution in [1.82, 2.24) is 0 Å². The average Bonchev–Trinajstić information content (AvgIpc) is 2.86. The summed E-state index contributed by atoms with van der Waals surface area (Å²) in [5.41, 5.74) is 4.06. The van der Waals surface area contributed by atoms with Crippen LogP contribution in [0.1, 0.15) is 35.4 Å². The molecule has 0 heterocycles. The maximum Gasteiger partial charge on any atom is 0.224 e. The number of carbonyl (C=O) groups excluding carboxylic acids is 1. The zero-order valence-electron chi connectivity index (χ0n) is 12.0. The molecule has 3 rings (SSSR count). The summed E-state index contributed by atoms with van der Waals surface area (Å²) in [6, 6.07) is 12.7. The van der Waals surface area contributed by atoms with Gasteiger partial charge in [-0.05, 0) is 54.5 Å². The second-order valence-corrected chi connectivity index (χ2v) is 5.65. The minimum Gasteiger partial charge on any atom is -0.326 e. The fourth-order valence-corrected chi connectivity index (χ4v) is 3.01. The Kier molecular flexibility index (Phi) is 3.74. The average molecular weight is 283 g/mol. The second kappa shape index (κ2) is 5.68. The van der Waals surface area contributed by atoms with E-state index in [-0.39, 0.29) is 17.6 Å². The van der Waals surface area contributed by atoms with Crippen molar-refractivity contribution in [1.29, 1.82) is 0 Å². The number of amides is 1. The summed E-state index contributed by atoms with van der Waals surface area (Å²) in [5, 5.41) is 2.83. The first-order valence-corrected chi connectivity index (χ1v) is 7.27. The predicted molar refractivity (Wildman–Crippen MR) is 81.9 cm³/mol. The third-order valence-electron chi connectivity index (χ3n) is 4.16. The molecule has 0 radical (unpaired) electrons. The summed E-state index contributed by atoms with van der Waals surface area (Å²) >= 11 is 0. The van der Waals surface area contributed by atoms with E-state index in [0.29, 0.717) is 12.1 Å². The maximum atomic E-state index is 13.2. The molecule has 0 aliphatic heterocycles. The molecule has 1 N–H and O–H groups in total. The second-order valence-electron chi connectivity index (χ2n) is 5.65. The lowest BCUT2D eigenvalue weighted by molar-refractivity contribution is -0.116. The summed E-state index contributed by atoms with van der Waals surface area (Å²) in [6.07, 6.45) is 2.50. The highest BCUT2D eigenvalue weighted by Crippen LogP contribution is 2.35. The molecular weight excluding hydrogens is 265 g/mol. The number of carbonyl (C=O) groups is 1. The zero-order valence-corrected chi connectivity index (χ0v) is 12.0. The fourth-order valence-electron chi connectivity index (χ4n) is 3.01. The molecule has 0 spiro atoms. The lowest BCUT2D eigenvalue weighted by atomic mass is 9.97. The van der Waals surface area contributed by atoms with E-state index in [4.69, 9.17) is 0 Å². The molecule has 3 heteroatoms. The van der Waals surface area contributed by atoms with Crippen LogP contribution >= 0.6 is 0 Å². The van der Waals surface area contributed by atoms with Crippen LogP contribution in [0.3, 0.4) is 0 Å². The van der Waals surface area contributed by atoms with Crippen molar-refractivity contribution in [2.24, 2.45) is 0 Å². The standard InChI is InChI=1S/C18H18FNO/c1-12-6-9-15(19)11-17(12)20-18(21)10-14-8-7-13-4-2-3-5-16(13)14/h2-6,9,11,14H,7-8,10H2,1H3,(H,20,21). The number of halogens is 1. The molecule has 0 saturated carbocycles. The Morgan fingerprint density at radius 1 is 1.29 bits per heavy atom. The summed E-state index contributed by atoms with van der Waals surface area (Å²) in [5.74, 6) is -0.109. The van der Waals surface area contributed by atoms with Gasteiger partial charge in [-0.15, -0.1) is 0 Å². The lowest BCUT2D eigenvalue weighted by Crippen LogP contribution is -2.15. The van der Waals surface area contributed by atoms with Gasteiger partial charge in [0.1, 0.15) is 5.82 Å². The van der Waals surface area contributed by atoms with Gasteiger partial charge in [0.25, 0.3) is 0 Å². The van der Waals surface area contributed by atoms with Crippen molar-refractivity contribution >= 4 is 11.6 Å². The highest BCUT2D eigenvalue weighted by Gasteiger charge is 2.24. The number of benzene rings is 2. The third kappa shape index (κ3) is 2.97. The molecule has 21 heavy (non-hydrogen) atoms. The van der Waals surface area contributed by atoms with Crippen LogP contribution < -0.4 is 5.32 Å². The minimum atomic E-state index is -0.331. The monoisotopic (exact) mass is 283 g/mol. The van der Waals surface area contributed by atoms with Crippen molar-refractivity contribution in [3.8, 4) is 0 Å². The molecule has 1 aliphatic rings. The van der Waals surface area contributed by atoms with E-state index < -0.39 is 0 Å². The van der Waals surface area contributed by atoms with Gasteiger partial charge in [-0.2, -0.15) is 0 Å². The maximum absolute atomic E-state index is 13.2. The van der Waals surface area contributed by atoms with Gasteiger partial charge >= 0.3 is 0 Å². The van der Waals surface area contributed by atoms with Crippen molar-refractivity contribution < 1.29 is 9.18 Å². The third-order valence-corrected chi connectivity index (χ3v) is 4.16. The van der Waals surface area contributed by atoms with Gasteiger partial charge < -0.3 is 5.32 Å². The van der Waals surface area contributed by atoms with E-state index in [1.165, 1.54) is 23.3 Å². The minimum absolute atomic E-state index is 0.0506. The molecule has 108 valence electrons. The van der Waals surface area contributed by atoms with Gasteiger partial charge in [-0.1, -0.05) is 30.3 Å². The molecule has 2 aromatic carbocycles. The number of nitrogens with one attached hydrogen (secondary N) is 1. The van der Waals surface area contributed by atoms with E-state index in [1.807, 2.05) is 19.1 Å². The van der Waals surface area contributed by atoms with Crippen LogP contribution in [0.2, 0.25) is 0 Å². The van der Waals surface area contributed by atoms with E-state index in [9.17, 15) is 9.18 Å². The van der Waals surface area contributed by atoms with Crippen molar-refractivity contribution in [3.63, 3.8) is 0 Å². The molecule has 0 bridgehead atoms. The molecule has 2 aromatic rings. The normalized spacial score (nSPS) is 16.6. The first-order valence-electron chi connectivity index (χ1n) is 7.27.